The zero-order chi connectivity index (χ0) is 19.9. The lowest BCUT2D eigenvalue weighted by atomic mass is 10.2. The van der Waals surface area contributed by atoms with Gasteiger partial charge in [-0.25, -0.2) is 0 Å². The van der Waals surface area contributed by atoms with Gasteiger partial charge in [-0.05, 0) is 34.7 Å². The van der Waals surface area contributed by atoms with Crippen molar-refractivity contribution >= 4 is 45.5 Å². The molecule has 1 heterocycles. The Hall–Kier alpha value is -2.03. The van der Waals surface area contributed by atoms with E-state index in [1.807, 2.05) is 36.4 Å². The van der Waals surface area contributed by atoms with E-state index in [0.29, 0.717) is 29.0 Å². The minimum absolute atomic E-state index is 0.253. The second-order valence-corrected chi connectivity index (χ2v) is 9.27. The van der Waals surface area contributed by atoms with Gasteiger partial charge in [-0.3, -0.25) is 9.00 Å². The summed E-state index contributed by atoms with van der Waals surface area (Å²) in [7, 11) is -1.08. The Kier molecular flexibility index (Phi) is 7.36. The van der Waals surface area contributed by atoms with Gasteiger partial charge < -0.3 is 5.32 Å². The van der Waals surface area contributed by atoms with Crippen molar-refractivity contribution in [1.29, 1.82) is 0 Å². The van der Waals surface area contributed by atoms with Gasteiger partial charge >= 0.3 is 0 Å². The monoisotopic (exact) mass is 437 g/mol. The quantitative estimate of drug-likeness (QED) is 0.456. The molecule has 1 aromatic heterocycles. The first-order valence-corrected chi connectivity index (χ1v) is 11.6. The van der Waals surface area contributed by atoms with Crippen molar-refractivity contribution in [1.82, 2.24) is 0 Å². The molecule has 1 N–H and O–H groups in total. The average Bonchev–Trinajstić information content (AvgIpc) is 3.10. The fourth-order valence-electron chi connectivity index (χ4n) is 2.58. The molecule has 1 atom stereocenters. The third-order valence-electron chi connectivity index (χ3n) is 3.73. The molecule has 3 nitrogen and oxygen atoms in total. The molecule has 0 aliphatic heterocycles. The van der Waals surface area contributed by atoms with Gasteiger partial charge in [-0.2, -0.15) is 8.78 Å². The largest absolute Gasteiger partial charge is 0.321 e. The Morgan fingerprint density at radius 3 is 2.50 bits per heavy atom. The molecule has 0 saturated heterocycles. The number of thiophene rings is 1. The van der Waals surface area contributed by atoms with Crippen LogP contribution < -0.4 is 5.32 Å². The van der Waals surface area contributed by atoms with Crippen molar-refractivity contribution in [3.05, 3.63) is 82.0 Å². The van der Waals surface area contributed by atoms with Crippen LogP contribution in [-0.4, -0.2) is 15.9 Å². The Balaban J connectivity index is 1.64. The number of nitrogens with one attached hydrogen (secondary N) is 1. The normalized spacial score (nSPS) is 12.1. The number of alkyl halides is 2. The third-order valence-corrected chi connectivity index (χ3v) is 6.86. The van der Waals surface area contributed by atoms with Gasteiger partial charge in [0.05, 0.1) is 0 Å². The summed E-state index contributed by atoms with van der Waals surface area (Å²) in [6.07, 6.45) is 0. The minimum atomic E-state index is -2.58. The fraction of sp³-hybridized carbons (Fsp3) is 0.150. The van der Waals surface area contributed by atoms with E-state index in [0.717, 1.165) is 22.5 Å². The first-order valence-electron chi connectivity index (χ1n) is 8.33. The van der Waals surface area contributed by atoms with Crippen molar-refractivity contribution in [3.8, 4) is 0 Å². The van der Waals surface area contributed by atoms with Crippen LogP contribution in [0.2, 0.25) is 0 Å². The van der Waals surface area contributed by atoms with Gasteiger partial charge in [0, 0.05) is 32.9 Å². The van der Waals surface area contributed by atoms with Crippen LogP contribution >= 0.6 is 23.1 Å². The first-order chi connectivity index (χ1) is 13.5. The van der Waals surface area contributed by atoms with E-state index in [9.17, 15) is 17.8 Å². The smallest absolute Gasteiger partial charge is 0.288 e. The van der Waals surface area contributed by atoms with E-state index >= 15 is 0 Å². The lowest BCUT2D eigenvalue weighted by Gasteiger charge is -2.08. The summed E-state index contributed by atoms with van der Waals surface area (Å²) in [5, 5.41) is 4.35. The number of benzene rings is 2. The summed E-state index contributed by atoms with van der Waals surface area (Å²) < 4.78 is 37.6. The van der Waals surface area contributed by atoms with Crippen LogP contribution in [-0.2, 0) is 22.3 Å². The van der Waals surface area contributed by atoms with E-state index in [-0.39, 0.29) is 9.77 Å². The summed E-state index contributed by atoms with van der Waals surface area (Å²) in [6.45, 7) is 0. The molecule has 0 aliphatic carbocycles. The van der Waals surface area contributed by atoms with E-state index in [1.165, 1.54) is 6.07 Å². The van der Waals surface area contributed by atoms with Crippen LogP contribution in [0.1, 0.15) is 20.8 Å². The zero-order valence-electron chi connectivity index (χ0n) is 14.6. The minimum Gasteiger partial charge on any atom is -0.321 e. The topological polar surface area (TPSA) is 46.2 Å². The number of hydrogen-bond acceptors (Lipinski definition) is 4. The molecule has 0 fully saturated rings. The molecule has 0 aliphatic rings. The molecule has 146 valence electrons. The number of carbonyl (C=O) groups is 1. The maximum Gasteiger partial charge on any atom is 0.288 e. The fourth-order valence-corrected chi connectivity index (χ4v) is 5.39. The number of amides is 1. The second-order valence-electron chi connectivity index (χ2n) is 5.86. The van der Waals surface area contributed by atoms with Gasteiger partial charge in [0.15, 0.2) is 0 Å². The van der Waals surface area contributed by atoms with Gasteiger partial charge in [0.2, 0.25) is 0 Å². The van der Waals surface area contributed by atoms with E-state index in [1.54, 1.807) is 23.6 Å². The maximum atomic E-state index is 12.6. The molecule has 1 amide bonds. The van der Waals surface area contributed by atoms with Crippen molar-refractivity contribution in [2.45, 2.75) is 22.2 Å². The Morgan fingerprint density at radius 1 is 1.04 bits per heavy atom. The molecule has 0 saturated carbocycles. The summed E-state index contributed by atoms with van der Waals surface area (Å²) >= 11 is 1.48. The van der Waals surface area contributed by atoms with Crippen molar-refractivity contribution in [2.24, 2.45) is 0 Å². The van der Waals surface area contributed by atoms with Crippen LogP contribution in [0, 0.1) is 0 Å². The number of thioether (sulfide) groups is 1. The van der Waals surface area contributed by atoms with Crippen LogP contribution in [0.4, 0.5) is 14.5 Å². The first kappa shape index (κ1) is 20.7. The zero-order valence-corrected chi connectivity index (χ0v) is 17.1. The summed E-state index contributed by atoms with van der Waals surface area (Å²) in [6, 6.07) is 18.2. The SMILES string of the molecule is O=C(Nc1cccc(CS(=O)Cc2ccccc2)c1)c1sccc1SC(F)F. The van der Waals surface area contributed by atoms with E-state index < -0.39 is 22.5 Å². The summed E-state index contributed by atoms with van der Waals surface area (Å²) in [5.41, 5.74) is 2.38. The van der Waals surface area contributed by atoms with Crippen molar-refractivity contribution in [2.75, 3.05) is 5.32 Å². The molecule has 0 bridgehead atoms. The van der Waals surface area contributed by atoms with E-state index in [2.05, 4.69) is 5.32 Å². The lowest BCUT2D eigenvalue weighted by Crippen LogP contribution is -2.11. The standard InChI is InChI=1S/C20H17F2NO2S3/c21-20(22)27-17-9-10-26-18(17)19(24)23-16-8-4-7-15(11-16)13-28(25)12-14-5-2-1-3-6-14/h1-11,20H,12-13H2,(H,23,24). The molecule has 0 radical (unpaired) electrons. The highest BCUT2D eigenvalue weighted by Gasteiger charge is 2.17. The van der Waals surface area contributed by atoms with Crippen molar-refractivity contribution < 1.29 is 17.8 Å². The number of carbonyl (C=O) groups excluding carboxylic acids is 1. The molecule has 8 heteroatoms. The molecule has 3 rings (SSSR count). The number of rotatable bonds is 8. The maximum absolute atomic E-state index is 12.6. The predicted molar refractivity (Wildman–Crippen MR) is 113 cm³/mol. The number of halogens is 2. The molecule has 2 aromatic carbocycles. The van der Waals surface area contributed by atoms with Crippen LogP contribution in [0.3, 0.4) is 0 Å². The third kappa shape index (κ3) is 5.98. The van der Waals surface area contributed by atoms with Gasteiger partial charge in [0.25, 0.3) is 11.7 Å². The van der Waals surface area contributed by atoms with Crippen LogP contribution in [0.15, 0.2) is 70.9 Å². The predicted octanol–water partition coefficient (Wildman–Crippen LogP) is 5.76. The van der Waals surface area contributed by atoms with Crippen molar-refractivity contribution in [3.63, 3.8) is 0 Å². The summed E-state index contributed by atoms with van der Waals surface area (Å²) in [5.74, 6) is -2.19. The Bertz CT molecular complexity index is 961. The molecule has 1 unspecified atom stereocenters. The van der Waals surface area contributed by atoms with Gasteiger partial charge in [-0.1, -0.05) is 54.2 Å². The van der Waals surface area contributed by atoms with Crippen LogP contribution in [0.5, 0.6) is 0 Å². The number of anilines is 1. The molecular formula is C20H17F2NO2S3. The van der Waals surface area contributed by atoms with Gasteiger partial charge in [-0.15, -0.1) is 11.3 Å². The second kappa shape index (κ2) is 9.95. The Labute approximate surface area is 172 Å². The van der Waals surface area contributed by atoms with E-state index in [4.69, 9.17) is 0 Å². The van der Waals surface area contributed by atoms with Gasteiger partial charge in [0.1, 0.15) is 4.88 Å². The average molecular weight is 438 g/mol. The lowest BCUT2D eigenvalue weighted by molar-refractivity contribution is 0.102. The molecule has 28 heavy (non-hydrogen) atoms. The number of hydrogen-bond donors (Lipinski definition) is 1. The van der Waals surface area contributed by atoms with Crippen LogP contribution in [0.25, 0.3) is 0 Å². The highest BCUT2D eigenvalue weighted by atomic mass is 32.2. The Morgan fingerprint density at radius 2 is 1.75 bits per heavy atom. The summed E-state index contributed by atoms with van der Waals surface area (Å²) in [4.78, 5) is 12.9. The molecular weight excluding hydrogens is 420 g/mol. The molecule has 0 spiro atoms. The molecule has 3 aromatic rings. The highest BCUT2D eigenvalue weighted by molar-refractivity contribution is 7.99. The highest BCUT2D eigenvalue weighted by Crippen LogP contribution is 2.32.